The summed E-state index contributed by atoms with van der Waals surface area (Å²) in [6, 6.07) is 16.4. The zero-order valence-corrected chi connectivity index (χ0v) is 19.4. The van der Waals surface area contributed by atoms with E-state index in [1.54, 1.807) is 12.5 Å². The number of likely N-dealkylation sites (tertiary alicyclic amines) is 1. The highest BCUT2D eigenvalue weighted by atomic mass is 79.9. The van der Waals surface area contributed by atoms with E-state index in [0.29, 0.717) is 25.1 Å². The number of anilines is 1. The fourth-order valence-corrected chi connectivity index (χ4v) is 4.35. The minimum atomic E-state index is 0.396. The van der Waals surface area contributed by atoms with E-state index in [1.165, 1.54) is 0 Å². The molecule has 4 aromatic rings. The maximum Gasteiger partial charge on any atom is 0.213 e. The maximum atomic E-state index is 5.77. The molecule has 1 aromatic carbocycles. The van der Waals surface area contributed by atoms with Crippen molar-refractivity contribution in [3.8, 4) is 5.88 Å². The van der Waals surface area contributed by atoms with Gasteiger partial charge < -0.3 is 19.0 Å². The number of para-hydroxylation sites is 2. The third-order valence-corrected chi connectivity index (χ3v) is 6.30. The number of piperidine rings is 1. The highest BCUT2D eigenvalue weighted by Crippen LogP contribution is 2.24. The van der Waals surface area contributed by atoms with Gasteiger partial charge in [0.05, 0.1) is 23.8 Å². The summed E-state index contributed by atoms with van der Waals surface area (Å²) in [6.07, 6.45) is 5.61. The van der Waals surface area contributed by atoms with Gasteiger partial charge in [-0.3, -0.25) is 4.90 Å². The highest BCUT2D eigenvalue weighted by molar-refractivity contribution is 9.10. The molecule has 32 heavy (non-hydrogen) atoms. The summed E-state index contributed by atoms with van der Waals surface area (Å²) in [5, 5.41) is 3.70. The lowest BCUT2D eigenvalue weighted by Gasteiger charge is -2.32. The molecule has 0 radical (unpaired) electrons. The van der Waals surface area contributed by atoms with Crippen molar-refractivity contribution in [2.24, 2.45) is 0 Å². The molecular weight excluding hydrogens is 470 g/mol. The molecular formula is C24H26BrN5O2. The minimum absolute atomic E-state index is 0.396. The predicted molar refractivity (Wildman–Crippen MR) is 128 cm³/mol. The fraction of sp³-hybridized carbons (Fsp3) is 0.333. The molecule has 0 unspecified atom stereocenters. The molecule has 0 aliphatic carbocycles. The van der Waals surface area contributed by atoms with Crippen LogP contribution >= 0.6 is 15.9 Å². The number of halogens is 1. The first-order chi connectivity index (χ1) is 15.7. The molecule has 3 aromatic heterocycles. The molecule has 0 bridgehead atoms. The number of aromatic nitrogens is 3. The number of nitrogens with zero attached hydrogens (tertiary/aromatic N) is 4. The Labute approximate surface area is 195 Å². The number of hydrogen-bond donors (Lipinski definition) is 1. The average Bonchev–Trinajstić information content (AvgIpc) is 3.45. The van der Waals surface area contributed by atoms with Gasteiger partial charge in [0, 0.05) is 42.4 Å². The van der Waals surface area contributed by atoms with Gasteiger partial charge in [-0.15, -0.1) is 0 Å². The quantitative estimate of drug-likeness (QED) is 0.379. The van der Waals surface area contributed by atoms with Crippen LogP contribution in [0.5, 0.6) is 5.88 Å². The van der Waals surface area contributed by atoms with Crippen LogP contribution in [0.25, 0.3) is 11.0 Å². The largest absolute Gasteiger partial charge is 0.476 e. The Morgan fingerprint density at radius 1 is 1.09 bits per heavy atom. The van der Waals surface area contributed by atoms with Gasteiger partial charge >= 0.3 is 0 Å². The topological polar surface area (TPSA) is 68.3 Å². The first-order valence-electron chi connectivity index (χ1n) is 11.0. The minimum Gasteiger partial charge on any atom is -0.476 e. The van der Waals surface area contributed by atoms with Crippen LogP contribution in [0.3, 0.4) is 0 Å². The lowest BCUT2D eigenvalue weighted by atomic mass is 10.1. The van der Waals surface area contributed by atoms with Gasteiger partial charge in [0.1, 0.15) is 12.4 Å². The van der Waals surface area contributed by atoms with Crippen LogP contribution in [-0.2, 0) is 6.54 Å². The predicted octanol–water partition coefficient (Wildman–Crippen LogP) is 4.79. The van der Waals surface area contributed by atoms with Crippen molar-refractivity contribution in [2.75, 3.05) is 31.6 Å². The average molecular weight is 496 g/mol. The summed E-state index contributed by atoms with van der Waals surface area (Å²) in [4.78, 5) is 11.6. The Hall–Kier alpha value is -2.84. The number of imidazole rings is 1. The highest BCUT2D eigenvalue weighted by Gasteiger charge is 2.21. The van der Waals surface area contributed by atoms with E-state index in [-0.39, 0.29) is 0 Å². The number of benzene rings is 1. The van der Waals surface area contributed by atoms with Crippen molar-refractivity contribution >= 4 is 32.9 Å². The number of rotatable bonds is 8. The summed E-state index contributed by atoms with van der Waals surface area (Å²) in [6.45, 7) is 4.28. The summed E-state index contributed by atoms with van der Waals surface area (Å²) in [5.74, 6) is 2.50. The van der Waals surface area contributed by atoms with E-state index < -0.39 is 0 Å². The lowest BCUT2D eigenvalue weighted by Crippen LogP contribution is -2.41. The van der Waals surface area contributed by atoms with Crippen molar-refractivity contribution < 1.29 is 9.15 Å². The van der Waals surface area contributed by atoms with E-state index in [9.17, 15) is 0 Å². The zero-order chi connectivity index (χ0) is 21.8. The van der Waals surface area contributed by atoms with E-state index in [4.69, 9.17) is 14.1 Å². The van der Waals surface area contributed by atoms with Gasteiger partial charge in [-0.25, -0.2) is 9.97 Å². The molecule has 1 saturated heterocycles. The number of pyridine rings is 1. The number of fused-ring (bicyclic) bond motifs is 1. The maximum absolute atomic E-state index is 5.77. The van der Waals surface area contributed by atoms with Gasteiger partial charge in [0.25, 0.3) is 0 Å². The summed E-state index contributed by atoms with van der Waals surface area (Å²) in [5.41, 5.74) is 2.11. The van der Waals surface area contributed by atoms with E-state index in [2.05, 4.69) is 53.9 Å². The van der Waals surface area contributed by atoms with Crippen molar-refractivity contribution in [1.82, 2.24) is 19.4 Å². The summed E-state index contributed by atoms with van der Waals surface area (Å²) in [7, 11) is 0. The van der Waals surface area contributed by atoms with Gasteiger partial charge in [0.15, 0.2) is 0 Å². The normalized spacial score (nSPS) is 15.3. The third-order valence-electron chi connectivity index (χ3n) is 5.83. The fourth-order valence-electron chi connectivity index (χ4n) is 4.11. The molecule has 0 saturated carbocycles. The van der Waals surface area contributed by atoms with Gasteiger partial charge in [-0.05, 0) is 59.1 Å². The summed E-state index contributed by atoms with van der Waals surface area (Å²) >= 11 is 3.39. The van der Waals surface area contributed by atoms with Crippen LogP contribution in [-0.4, -0.2) is 51.7 Å². The monoisotopic (exact) mass is 495 g/mol. The molecule has 1 N–H and O–H groups in total. The first kappa shape index (κ1) is 21.0. The van der Waals surface area contributed by atoms with Crippen LogP contribution in [0.4, 0.5) is 5.95 Å². The zero-order valence-electron chi connectivity index (χ0n) is 17.8. The molecule has 0 spiro atoms. The Morgan fingerprint density at radius 2 is 1.97 bits per heavy atom. The van der Waals surface area contributed by atoms with E-state index in [0.717, 1.165) is 59.7 Å². The Morgan fingerprint density at radius 3 is 2.75 bits per heavy atom. The van der Waals surface area contributed by atoms with Crippen LogP contribution in [0.2, 0.25) is 0 Å². The number of furan rings is 1. The van der Waals surface area contributed by atoms with Crippen molar-refractivity contribution in [3.05, 3.63) is 71.2 Å². The Bertz CT molecular complexity index is 1140. The standard InChI is InChI=1S/C24H26BrN5O2/c25-18-7-8-23(26-16-18)32-15-13-29-11-9-19(10-12-29)27-24-28-21-5-1-2-6-22(21)30(24)17-20-4-3-14-31-20/h1-8,14,16,19H,9-13,15,17H2,(H,27,28). The van der Waals surface area contributed by atoms with Crippen LogP contribution in [0.1, 0.15) is 18.6 Å². The molecule has 8 heteroatoms. The lowest BCUT2D eigenvalue weighted by molar-refractivity contribution is 0.175. The van der Waals surface area contributed by atoms with Gasteiger partial charge in [-0.1, -0.05) is 12.1 Å². The second-order valence-corrected chi connectivity index (χ2v) is 8.93. The number of ether oxygens (including phenoxy) is 1. The van der Waals surface area contributed by atoms with Crippen LogP contribution in [0, 0.1) is 0 Å². The van der Waals surface area contributed by atoms with E-state index in [1.807, 2.05) is 30.3 Å². The second-order valence-electron chi connectivity index (χ2n) is 8.01. The molecule has 1 aliphatic heterocycles. The van der Waals surface area contributed by atoms with Crippen LogP contribution in [0.15, 0.2) is 69.9 Å². The molecule has 5 rings (SSSR count). The molecule has 1 aliphatic rings. The van der Waals surface area contributed by atoms with E-state index >= 15 is 0 Å². The molecule has 1 fully saturated rings. The third kappa shape index (κ3) is 4.97. The van der Waals surface area contributed by atoms with Gasteiger partial charge in [0.2, 0.25) is 11.8 Å². The smallest absolute Gasteiger partial charge is 0.213 e. The molecule has 0 amide bonds. The molecule has 0 atom stereocenters. The van der Waals surface area contributed by atoms with Crippen LogP contribution < -0.4 is 10.1 Å². The molecule has 166 valence electrons. The second kappa shape index (κ2) is 9.75. The SMILES string of the molecule is Brc1ccc(OCCN2CCC(Nc3nc4ccccc4n3Cc3ccco3)CC2)nc1. The van der Waals surface area contributed by atoms with Crippen molar-refractivity contribution in [2.45, 2.75) is 25.4 Å². The van der Waals surface area contributed by atoms with Crippen molar-refractivity contribution in [1.29, 1.82) is 0 Å². The first-order valence-corrected chi connectivity index (χ1v) is 11.7. The number of hydrogen-bond acceptors (Lipinski definition) is 6. The van der Waals surface area contributed by atoms with Gasteiger partial charge in [-0.2, -0.15) is 0 Å². The molecule has 4 heterocycles. The Balaban J connectivity index is 1.17. The Kier molecular flexibility index (Phi) is 6.41. The number of nitrogens with one attached hydrogen (secondary N) is 1. The van der Waals surface area contributed by atoms with Crippen molar-refractivity contribution in [3.63, 3.8) is 0 Å². The summed E-state index contributed by atoms with van der Waals surface area (Å²) < 4.78 is 14.5. The molecule has 7 nitrogen and oxygen atoms in total.